The van der Waals surface area contributed by atoms with Crippen LogP contribution in [0.15, 0.2) is 39.7 Å². The Hall–Kier alpha value is -3.02. The number of anilines is 1. The minimum Gasteiger partial charge on any atom is -0.490 e. The number of thioether (sulfide) groups is 1. The van der Waals surface area contributed by atoms with Gasteiger partial charge in [0.1, 0.15) is 6.54 Å². The van der Waals surface area contributed by atoms with Crippen LogP contribution in [0.3, 0.4) is 0 Å². The minimum absolute atomic E-state index is 0.142. The number of ether oxygens (including phenoxy) is 3. The second kappa shape index (κ2) is 12.3. The highest BCUT2D eigenvalue weighted by Gasteiger charge is 2.36. The van der Waals surface area contributed by atoms with E-state index in [0.29, 0.717) is 38.9 Å². The number of halogens is 2. The summed E-state index contributed by atoms with van der Waals surface area (Å²) < 4.78 is 16.2. The molecule has 9 nitrogen and oxygen atoms in total. The molecule has 3 amide bonds. The number of nitrogens with zero attached hydrogens (tertiary/aromatic N) is 1. The van der Waals surface area contributed by atoms with Crippen LogP contribution in [0.5, 0.6) is 11.5 Å². The fourth-order valence-electron chi connectivity index (χ4n) is 3.07. The van der Waals surface area contributed by atoms with Gasteiger partial charge in [0.2, 0.25) is 5.91 Å². The average Bonchev–Trinajstić information content (AvgIpc) is 3.08. The number of rotatable bonds is 9. The SMILES string of the molecule is CCOc1cc(/C=C2\SC(=O)N(CC(=O)Nc3ccc(C)c(Cl)c3)C2=O)cc(Br)c1OCC(=O)OC. The van der Waals surface area contributed by atoms with Crippen LogP contribution in [-0.2, 0) is 19.1 Å². The molecule has 1 heterocycles. The largest absolute Gasteiger partial charge is 0.490 e. The maximum absolute atomic E-state index is 12.9. The Morgan fingerprint density at radius 1 is 1.19 bits per heavy atom. The summed E-state index contributed by atoms with van der Waals surface area (Å²) in [5, 5.41) is 2.56. The standard InChI is InChI=1S/C24H22BrClN2O7S/c1-4-34-18-8-14(7-16(25)22(18)35-12-21(30)33-3)9-19-23(31)28(24(32)36-19)11-20(29)27-15-6-5-13(2)17(26)10-15/h5-10H,4,11-12H2,1-3H3,(H,27,29)/b19-9-. The van der Waals surface area contributed by atoms with E-state index in [4.69, 9.17) is 21.1 Å². The first kappa shape index (κ1) is 27.6. The van der Waals surface area contributed by atoms with Gasteiger partial charge in [-0.15, -0.1) is 0 Å². The first-order valence-corrected chi connectivity index (χ1v) is 12.6. The van der Waals surface area contributed by atoms with Gasteiger partial charge >= 0.3 is 5.97 Å². The van der Waals surface area contributed by atoms with E-state index in [2.05, 4.69) is 26.0 Å². The number of benzene rings is 2. The van der Waals surface area contributed by atoms with E-state index in [1.165, 1.54) is 13.2 Å². The molecule has 0 unspecified atom stereocenters. The highest BCUT2D eigenvalue weighted by molar-refractivity contribution is 9.10. The van der Waals surface area contributed by atoms with Crippen molar-refractivity contribution in [1.82, 2.24) is 4.90 Å². The molecule has 1 aliphatic rings. The van der Waals surface area contributed by atoms with Crippen molar-refractivity contribution in [1.29, 1.82) is 0 Å². The molecule has 0 bridgehead atoms. The van der Waals surface area contributed by atoms with Crippen LogP contribution in [0, 0.1) is 6.92 Å². The van der Waals surface area contributed by atoms with Crippen molar-refractivity contribution >= 4 is 74.1 Å². The topological polar surface area (TPSA) is 111 Å². The van der Waals surface area contributed by atoms with Crippen molar-refractivity contribution in [3.63, 3.8) is 0 Å². The first-order chi connectivity index (χ1) is 17.1. The van der Waals surface area contributed by atoms with E-state index in [1.807, 2.05) is 6.92 Å². The van der Waals surface area contributed by atoms with Crippen LogP contribution < -0.4 is 14.8 Å². The number of aryl methyl sites for hydroxylation is 1. The molecular weight excluding hydrogens is 576 g/mol. The quantitative estimate of drug-likeness (QED) is 0.316. The molecule has 0 aromatic heterocycles. The monoisotopic (exact) mass is 596 g/mol. The lowest BCUT2D eigenvalue weighted by molar-refractivity contribution is -0.143. The van der Waals surface area contributed by atoms with Crippen molar-refractivity contribution in [2.24, 2.45) is 0 Å². The molecular formula is C24H22BrClN2O7S. The molecule has 0 atom stereocenters. The first-order valence-electron chi connectivity index (χ1n) is 10.6. The number of methoxy groups -OCH3 is 1. The Kier molecular flexibility index (Phi) is 9.41. The number of esters is 1. The van der Waals surface area contributed by atoms with Crippen molar-refractivity contribution in [3.05, 3.63) is 55.9 Å². The predicted octanol–water partition coefficient (Wildman–Crippen LogP) is 5.04. The molecule has 0 saturated carbocycles. The van der Waals surface area contributed by atoms with Crippen LogP contribution >= 0.6 is 39.3 Å². The van der Waals surface area contributed by atoms with E-state index in [9.17, 15) is 19.2 Å². The Bertz CT molecular complexity index is 1250. The number of hydrogen-bond donors (Lipinski definition) is 1. The highest BCUT2D eigenvalue weighted by atomic mass is 79.9. The van der Waals surface area contributed by atoms with E-state index < -0.39 is 29.6 Å². The fourth-order valence-corrected chi connectivity index (χ4v) is 4.66. The van der Waals surface area contributed by atoms with Gasteiger partial charge in [-0.05, 0) is 83.0 Å². The summed E-state index contributed by atoms with van der Waals surface area (Å²) in [7, 11) is 1.25. The summed E-state index contributed by atoms with van der Waals surface area (Å²) in [5.74, 6) is -1.07. The van der Waals surface area contributed by atoms with E-state index >= 15 is 0 Å². The number of carbonyl (C=O) groups excluding carboxylic acids is 4. The average molecular weight is 598 g/mol. The zero-order valence-corrected chi connectivity index (χ0v) is 22.7. The van der Waals surface area contributed by atoms with E-state index in [0.717, 1.165) is 22.2 Å². The second-order valence-corrected chi connectivity index (χ2v) is 9.66. The van der Waals surface area contributed by atoms with Crippen molar-refractivity contribution in [3.8, 4) is 11.5 Å². The number of nitrogens with one attached hydrogen (secondary N) is 1. The Balaban J connectivity index is 1.76. The highest BCUT2D eigenvalue weighted by Crippen LogP contribution is 2.39. The molecule has 0 aliphatic carbocycles. The van der Waals surface area contributed by atoms with Gasteiger partial charge in [0.15, 0.2) is 18.1 Å². The maximum atomic E-state index is 12.9. The van der Waals surface area contributed by atoms with Crippen molar-refractivity contribution in [2.45, 2.75) is 13.8 Å². The van der Waals surface area contributed by atoms with Gasteiger partial charge in [-0.3, -0.25) is 19.3 Å². The van der Waals surface area contributed by atoms with E-state index in [-0.39, 0.29) is 11.5 Å². The molecule has 190 valence electrons. The summed E-state index contributed by atoms with van der Waals surface area (Å²) in [6.07, 6.45) is 1.51. The third-order valence-electron chi connectivity index (χ3n) is 4.82. The Labute approximate surface area is 225 Å². The number of imide groups is 1. The molecule has 0 radical (unpaired) electrons. The minimum atomic E-state index is -0.595. The molecule has 1 saturated heterocycles. The van der Waals surface area contributed by atoms with Crippen molar-refractivity contribution in [2.75, 3.05) is 32.2 Å². The van der Waals surface area contributed by atoms with Gasteiger partial charge in [-0.25, -0.2) is 4.79 Å². The summed E-state index contributed by atoms with van der Waals surface area (Å²) in [6.45, 7) is 3.18. The molecule has 1 N–H and O–H groups in total. The summed E-state index contributed by atoms with van der Waals surface area (Å²) in [4.78, 5) is 50.3. The maximum Gasteiger partial charge on any atom is 0.343 e. The third-order valence-corrected chi connectivity index (χ3v) is 6.73. The molecule has 36 heavy (non-hydrogen) atoms. The van der Waals surface area contributed by atoms with Crippen LogP contribution in [0.2, 0.25) is 5.02 Å². The smallest absolute Gasteiger partial charge is 0.343 e. The molecule has 2 aromatic carbocycles. The zero-order valence-electron chi connectivity index (χ0n) is 19.6. The zero-order chi connectivity index (χ0) is 26.4. The summed E-state index contributed by atoms with van der Waals surface area (Å²) in [5.41, 5.74) is 1.86. The molecule has 2 aromatic rings. The molecule has 1 fully saturated rings. The van der Waals surface area contributed by atoms with Crippen LogP contribution in [0.4, 0.5) is 10.5 Å². The van der Waals surface area contributed by atoms with Gasteiger partial charge in [-0.1, -0.05) is 17.7 Å². The van der Waals surface area contributed by atoms with Crippen molar-refractivity contribution < 1.29 is 33.4 Å². The van der Waals surface area contributed by atoms with Crippen LogP contribution in [0.1, 0.15) is 18.1 Å². The number of amides is 3. The normalized spacial score (nSPS) is 14.2. The molecule has 12 heteroatoms. The van der Waals surface area contributed by atoms with E-state index in [1.54, 1.807) is 37.3 Å². The Morgan fingerprint density at radius 3 is 2.61 bits per heavy atom. The van der Waals surface area contributed by atoms with Gasteiger partial charge < -0.3 is 19.5 Å². The Morgan fingerprint density at radius 2 is 1.94 bits per heavy atom. The number of carbonyl (C=O) groups is 4. The van der Waals surface area contributed by atoms with Gasteiger partial charge in [0.05, 0.1) is 23.1 Å². The van der Waals surface area contributed by atoms with Crippen LogP contribution in [0.25, 0.3) is 6.08 Å². The molecule has 3 rings (SSSR count). The predicted molar refractivity (Wildman–Crippen MR) is 140 cm³/mol. The van der Waals surface area contributed by atoms with Gasteiger partial charge in [0, 0.05) is 10.7 Å². The lowest BCUT2D eigenvalue weighted by atomic mass is 10.2. The lowest BCUT2D eigenvalue weighted by Crippen LogP contribution is -2.36. The molecule has 0 spiro atoms. The number of hydrogen-bond acceptors (Lipinski definition) is 8. The lowest BCUT2D eigenvalue weighted by Gasteiger charge is -2.14. The fraction of sp³-hybridized carbons (Fsp3) is 0.250. The van der Waals surface area contributed by atoms with Crippen LogP contribution in [-0.4, -0.2) is 54.8 Å². The second-order valence-electron chi connectivity index (χ2n) is 7.41. The van der Waals surface area contributed by atoms with Gasteiger partial charge in [0.25, 0.3) is 11.1 Å². The molecule has 1 aliphatic heterocycles. The summed E-state index contributed by atoms with van der Waals surface area (Å²) >= 11 is 10.2. The van der Waals surface area contributed by atoms with Gasteiger partial charge in [-0.2, -0.15) is 0 Å². The third kappa shape index (κ3) is 6.80. The summed E-state index contributed by atoms with van der Waals surface area (Å²) in [6, 6.07) is 8.29.